The molecule has 47 heavy (non-hydrogen) atoms. The van der Waals surface area contributed by atoms with Gasteiger partial charge in [-0.1, -0.05) is 110 Å². The fraction of sp³-hybridized carbons (Fsp3) is 0.200. The molecule has 3 rings (SSSR count). The largest absolute Gasteiger partial charge is 0.377 e. The summed E-state index contributed by atoms with van der Waals surface area (Å²) < 4.78 is 0. The van der Waals surface area contributed by atoms with Gasteiger partial charge in [0.05, 0.1) is 5.70 Å². The Hall–Kier alpha value is -5.08. The van der Waals surface area contributed by atoms with E-state index in [-0.39, 0.29) is 6.04 Å². The van der Waals surface area contributed by atoms with Crippen LogP contribution in [0, 0.1) is 13.8 Å². The van der Waals surface area contributed by atoms with Gasteiger partial charge in [-0.2, -0.15) is 0 Å². The van der Waals surface area contributed by atoms with Crippen LogP contribution in [-0.4, -0.2) is 6.04 Å². The Bertz CT molecular complexity index is 1800. The highest BCUT2D eigenvalue weighted by Gasteiger charge is 2.19. The average molecular weight is 621 g/mol. The van der Waals surface area contributed by atoms with Crippen molar-refractivity contribution in [3.8, 4) is 22.3 Å². The van der Waals surface area contributed by atoms with Crippen molar-refractivity contribution >= 4 is 11.3 Å². The van der Waals surface area contributed by atoms with Crippen LogP contribution < -0.4 is 10.6 Å². The molecule has 0 spiro atoms. The van der Waals surface area contributed by atoms with Gasteiger partial charge >= 0.3 is 0 Å². The van der Waals surface area contributed by atoms with Gasteiger partial charge in [0, 0.05) is 17.3 Å². The van der Waals surface area contributed by atoms with Crippen LogP contribution in [0.2, 0.25) is 0 Å². The maximum Gasteiger partial charge on any atom is 0.0617 e. The van der Waals surface area contributed by atoms with Crippen LogP contribution in [0.3, 0.4) is 0 Å². The molecule has 1 unspecified atom stereocenters. The summed E-state index contributed by atoms with van der Waals surface area (Å²) in [5.41, 5.74) is 16.3. The van der Waals surface area contributed by atoms with Gasteiger partial charge in [0.25, 0.3) is 0 Å². The summed E-state index contributed by atoms with van der Waals surface area (Å²) in [4.78, 5) is 0. The van der Waals surface area contributed by atoms with Crippen molar-refractivity contribution in [2.75, 3.05) is 0 Å². The fourth-order valence-corrected chi connectivity index (χ4v) is 5.75. The predicted molar refractivity (Wildman–Crippen MR) is 210 cm³/mol. The molecule has 1 atom stereocenters. The highest BCUT2D eigenvalue weighted by molar-refractivity contribution is 5.90. The third-order valence-corrected chi connectivity index (χ3v) is 8.50. The first kappa shape index (κ1) is 36.4. The number of hydrogen-bond donors (Lipinski definition) is 2. The lowest BCUT2D eigenvalue weighted by atomic mass is 9.85. The molecule has 0 fully saturated rings. The Kier molecular flexibility index (Phi) is 13.6. The molecule has 0 aromatic heterocycles. The van der Waals surface area contributed by atoms with E-state index < -0.39 is 0 Å². The summed E-state index contributed by atoms with van der Waals surface area (Å²) >= 11 is 0. The van der Waals surface area contributed by atoms with Gasteiger partial charge in [0.15, 0.2) is 0 Å². The summed E-state index contributed by atoms with van der Waals surface area (Å²) in [6, 6.07) is 22.0. The summed E-state index contributed by atoms with van der Waals surface area (Å²) in [7, 11) is 0. The van der Waals surface area contributed by atoms with Crippen LogP contribution in [0.4, 0.5) is 0 Å². The Morgan fingerprint density at radius 3 is 2.04 bits per heavy atom. The predicted octanol–water partition coefficient (Wildman–Crippen LogP) is 12.2. The van der Waals surface area contributed by atoms with Crippen molar-refractivity contribution in [1.29, 1.82) is 0 Å². The maximum atomic E-state index is 4.02. The van der Waals surface area contributed by atoms with Gasteiger partial charge in [0.2, 0.25) is 0 Å². The van der Waals surface area contributed by atoms with E-state index in [1.54, 1.807) is 6.20 Å². The highest BCUT2D eigenvalue weighted by Crippen LogP contribution is 2.39. The Labute approximate surface area is 284 Å². The molecule has 3 aromatic rings. The topological polar surface area (TPSA) is 24.1 Å². The minimum absolute atomic E-state index is 0.0734. The van der Waals surface area contributed by atoms with E-state index >= 15 is 0 Å². The second-order valence-corrected chi connectivity index (χ2v) is 11.8. The van der Waals surface area contributed by atoms with E-state index in [0.717, 1.165) is 39.2 Å². The van der Waals surface area contributed by atoms with Crippen LogP contribution >= 0.6 is 0 Å². The minimum atomic E-state index is 0.0734. The molecule has 0 aliphatic rings. The molecular weight excluding hydrogens is 569 g/mol. The van der Waals surface area contributed by atoms with Gasteiger partial charge in [-0.15, -0.1) is 6.58 Å². The molecule has 2 nitrogen and oxygen atoms in total. The summed E-state index contributed by atoms with van der Waals surface area (Å²) in [6.07, 6.45) is 18.5. The molecule has 2 heteroatoms. The molecule has 2 N–H and O–H groups in total. The zero-order valence-electron chi connectivity index (χ0n) is 29.7. The zero-order valence-corrected chi connectivity index (χ0v) is 29.7. The maximum absolute atomic E-state index is 4.02. The normalized spacial score (nSPS) is 14.0. The molecule has 0 aliphatic carbocycles. The summed E-state index contributed by atoms with van der Waals surface area (Å²) in [5.74, 6) is 0. The first-order valence-corrected chi connectivity index (χ1v) is 16.4. The van der Waals surface area contributed by atoms with Crippen molar-refractivity contribution in [2.45, 2.75) is 61.4 Å². The van der Waals surface area contributed by atoms with Crippen molar-refractivity contribution in [3.05, 3.63) is 180 Å². The Morgan fingerprint density at radius 1 is 0.809 bits per heavy atom. The molecular formula is C45H52N2. The summed E-state index contributed by atoms with van der Waals surface area (Å²) in [6.45, 7) is 28.9. The van der Waals surface area contributed by atoms with Crippen LogP contribution in [0.25, 0.3) is 33.5 Å². The van der Waals surface area contributed by atoms with Gasteiger partial charge in [-0.3, -0.25) is 0 Å². The second kappa shape index (κ2) is 17.6. The molecule has 0 bridgehead atoms. The number of allylic oxidation sites excluding steroid dienone is 12. The van der Waals surface area contributed by atoms with Crippen molar-refractivity contribution in [2.24, 2.45) is 0 Å². The third-order valence-electron chi connectivity index (χ3n) is 8.50. The van der Waals surface area contributed by atoms with Crippen LogP contribution in [0.1, 0.15) is 63.8 Å². The van der Waals surface area contributed by atoms with E-state index in [1.807, 2.05) is 19.1 Å². The van der Waals surface area contributed by atoms with E-state index in [2.05, 4.69) is 176 Å². The van der Waals surface area contributed by atoms with Gasteiger partial charge in [-0.25, -0.2) is 0 Å². The molecule has 0 heterocycles. The zero-order chi connectivity index (χ0) is 34.5. The quantitative estimate of drug-likeness (QED) is 0.138. The molecule has 0 aliphatic heterocycles. The lowest BCUT2D eigenvalue weighted by molar-refractivity contribution is 0.778. The molecule has 242 valence electrons. The number of benzene rings is 3. The van der Waals surface area contributed by atoms with Gasteiger partial charge in [-0.05, 0) is 135 Å². The number of aryl methyl sites for hydroxylation is 1. The minimum Gasteiger partial charge on any atom is -0.377 e. The van der Waals surface area contributed by atoms with E-state index in [4.69, 9.17) is 0 Å². The molecule has 0 saturated heterocycles. The number of nitrogens with one attached hydrogen (secondary N) is 2. The molecule has 0 radical (unpaired) electrons. The van der Waals surface area contributed by atoms with Crippen LogP contribution in [0.15, 0.2) is 158 Å². The van der Waals surface area contributed by atoms with Crippen molar-refractivity contribution in [1.82, 2.24) is 10.6 Å². The summed E-state index contributed by atoms with van der Waals surface area (Å²) in [5, 5.41) is 7.00. The van der Waals surface area contributed by atoms with Gasteiger partial charge in [0.1, 0.15) is 0 Å². The van der Waals surface area contributed by atoms with Crippen LogP contribution in [0.5, 0.6) is 0 Å². The van der Waals surface area contributed by atoms with E-state index in [9.17, 15) is 0 Å². The first-order valence-electron chi connectivity index (χ1n) is 16.4. The second-order valence-electron chi connectivity index (χ2n) is 11.8. The average Bonchev–Trinajstić information content (AvgIpc) is 3.08. The van der Waals surface area contributed by atoms with Crippen molar-refractivity contribution in [3.63, 3.8) is 0 Å². The SMILES string of the molecule is C=CN/C(C)=C(\NC(C)C=C)c1ccccc1-c1cc(C(/C=C\C=C(C)\C(\C=C/C)=C(/C)C=C)=C\C)cc(-c2ccccc2C)c1C. The molecule has 3 aromatic carbocycles. The third kappa shape index (κ3) is 9.01. The van der Waals surface area contributed by atoms with Crippen LogP contribution in [-0.2, 0) is 0 Å². The standard InChI is InChI=1S/C45H52N2/c1-12-22-39(31(6)13-2)32(7)24-21-25-37(15-4)38-29-43(40-26-18-17-23-33(40)8)35(10)44(30-38)41-27-19-20-28-42(41)45(36(11)46-16-5)47-34(9)14-3/h12-30,34,46-47H,2-3,5H2,1,4,6-11H3/b22-12-,25-21-,32-24+,37-15-,39-31+,45-36-. The highest BCUT2D eigenvalue weighted by atomic mass is 15.0. The number of hydrogen-bond acceptors (Lipinski definition) is 2. The molecule has 0 saturated carbocycles. The Balaban J connectivity index is 2.33. The van der Waals surface area contributed by atoms with Gasteiger partial charge < -0.3 is 10.6 Å². The lowest BCUT2D eigenvalue weighted by Gasteiger charge is -2.23. The first-order chi connectivity index (χ1) is 22.6. The monoisotopic (exact) mass is 620 g/mol. The fourth-order valence-electron chi connectivity index (χ4n) is 5.75. The smallest absolute Gasteiger partial charge is 0.0617 e. The number of rotatable bonds is 14. The Morgan fingerprint density at radius 2 is 1.45 bits per heavy atom. The van der Waals surface area contributed by atoms with E-state index in [0.29, 0.717) is 0 Å². The van der Waals surface area contributed by atoms with E-state index in [1.165, 1.54) is 39.0 Å². The van der Waals surface area contributed by atoms with Crippen molar-refractivity contribution < 1.29 is 0 Å². The lowest BCUT2D eigenvalue weighted by Crippen LogP contribution is -2.25. The molecule has 0 amide bonds.